The van der Waals surface area contributed by atoms with Crippen LogP contribution in [0.4, 0.5) is 5.69 Å². The molecular formula is C14H16BrNO4. The molecule has 1 saturated heterocycles. The maximum absolute atomic E-state index is 11.7. The van der Waals surface area contributed by atoms with Crippen LogP contribution in [0.1, 0.15) is 18.4 Å². The lowest BCUT2D eigenvalue weighted by Crippen LogP contribution is -2.27. The average molecular weight is 342 g/mol. The first-order valence-corrected chi connectivity index (χ1v) is 7.20. The molecule has 1 heterocycles. The van der Waals surface area contributed by atoms with E-state index in [2.05, 4.69) is 21.2 Å². The number of halogens is 1. The Hall–Kier alpha value is -1.40. The fourth-order valence-corrected chi connectivity index (χ4v) is 2.24. The van der Waals surface area contributed by atoms with Gasteiger partial charge in [0.2, 0.25) is 0 Å². The quantitative estimate of drug-likeness (QED) is 0.854. The number of aryl methyl sites for hydroxylation is 1. The zero-order valence-electron chi connectivity index (χ0n) is 11.1. The van der Waals surface area contributed by atoms with E-state index in [9.17, 15) is 9.59 Å². The van der Waals surface area contributed by atoms with Crippen molar-refractivity contribution in [3.63, 3.8) is 0 Å². The summed E-state index contributed by atoms with van der Waals surface area (Å²) in [5.41, 5.74) is 1.73. The van der Waals surface area contributed by atoms with E-state index >= 15 is 0 Å². The lowest BCUT2D eigenvalue weighted by atomic mass is 10.2. The predicted molar refractivity (Wildman–Crippen MR) is 77.4 cm³/mol. The molecule has 1 fully saturated rings. The number of amides is 1. The van der Waals surface area contributed by atoms with Crippen LogP contribution in [-0.2, 0) is 19.1 Å². The van der Waals surface area contributed by atoms with Crippen molar-refractivity contribution in [1.82, 2.24) is 0 Å². The Morgan fingerprint density at radius 2 is 2.30 bits per heavy atom. The van der Waals surface area contributed by atoms with Crippen LogP contribution in [0.5, 0.6) is 0 Å². The third-order valence-corrected chi connectivity index (χ3v) is 3.85. The summed E-state index contributed by atoms with van der Waals surface area (Å²) >= 11 is 3.39. The second-order valence-electron chi connectivity index (χ2n) is 4.62. The molecule has 0 saturated carbocycles. The molecule has 20 heavy (non-hydrogen) atoms. The van der Waals surface area contributed by atoms with Crippen LogP contribution < -0.4 is 5.32 Å². The summed E-state index contributed by atoms with van der Waals surface area (Å²) in [4.78, 5) is 23.2. The standard InChI is InChI=1S/C14H16BrNO4/c1-9-4-5-10(7-11(9)15)16-13(17)8-20-14(18)12-3-2-6-19-12/h4-5,7,12H,2-3,6,8H2,1H3,(H,16,17)/t12-/m0/s1. The highest BCUT2D eigenvalue weighted by molar-refractivity contribution is 9.10. The maximum Gasteiger partial charge on any atom is 0.335 e. The second kappa shape index (κ2) is 6.85. The topological polar surface area (TPSA) is 64.6 Å². The molecule has 108 valence electrons. The summed E-state index contributed by atoms with van der Waals surface area (Å²) in [6.45, 7) is 2.23. The van der Waals surface area contributed by atoms with E-state index in [0.717, 1.165) is 16.5 Å². The number of nitrogens with one attached hydrogen (secondary N) is 1. The van der Waals surface area contributed by atoms with Gasteiger partial charge in [0.1, 0.15) is 0 Å². The van der Waals surface area contributed by atoms with Gasteiger partial charge in [0, 0.05) is 16.8 Å². The first-order valence-electron chi connectivity index (χ1n) is 6.40. The van der Waals surface area contributed by atoms with Gasteiger partial charge >= 0.3 is 5.97 Å². The van der Waals surface area contributed by atoms with Crippen molar-refractivity contribution in [2.75, 3.05) is 18.5 Å². The Kier molecular flexibility index (Phi) is 5.14. The summed E-state index contributed by atoms with van der Waals surface area (Å²) in [6, 6.07) is 5.48. The molecule has 0 aliphatic carbocycles. The van der Waals surface area contributed by atoms with E-state index in [-0.39, 0.29) is 12.5 Å². The molecule has 1 aliphatic heterocycles. The Labute approximate surface area is 125 Å². The minimum Gasteiger partial charge on any atom is -0.454 e. The zero-order valence-corrected chi connectivity index (χ0v) is 12.7. The lowest BCUT2D eigenvalue weighted by molar-refractivity contribution is -0.156. The molecule has 6 heteroatoms. The molecule has 0 unspecified atom stereocenters. The van der Waals surface area contributed by atoms with Gasteiger partial charge in [0.25, 0.3) is 5.91 Å². The number of rotatable bonds is 4. The van der Waals surface area contributed by atoms with E-state index < -0.39 is 12.1 Å². The van der Waals surface area contributed by atoms with Crippen LogP contribution in [0.25, 0.3) is 0 Å². The Morgan fingerprint density at radius 1 is 1.50 bits per heavy atom. The van der Waals surface area contributed by atoms with Crippen LogP contribution in [0.3, 0.4) is 0 Å². The van der Waals surface area contributed by atoms with Crippen LogP contribution >= 0.6 is 15.9 Å². The molecule has 5 nitrogen and oxygen atoms in total. The van der Waals surface area contributed by atoms with Crippen LogP contribution in [0.15, 0.2) is 22.7 Å². The molecule has 0 spiro atoms. The fraction of sp³-hybridized carbons (Fsp3) is 0.429. The third kappa shape index (κ3) is 4.05. The van der Waals surface area contributed by atoms with Crippen molar-refractivity contribution in [1.29, 1.82) is 0 Å². The number of benzene rings is 1. The highest BCUT2D eigenvalue weighted by Gasteiger charge is 2.25. The van der Waals surface area contributed by atoms with Gasteiger partial charge in [0.15, 0.2) is 12.7 Å². The van der Waals surface area contributed by atoms with Gasteiger partial charge in [-0.25, -0.2) is 4.79 Å². The summed E-state index contributed by atoms with van der Waals surface area (Å²) in [5.74, 6) is -0.838. The van der Waals surface area contributed by atoms with Gasteiger partial charge in [-0.3, -0.25) is 4.79 Å². The smallest absolute Gasteiger partial charge is 0.335 e. The van der Waals surface area contributed by atoms with Gasteiger partial charge in [-0.2, -0.15) is 0 Å². The SMILES string of the molecule is Cc1ccc(NC(=O)COC(=O)[C@@H]2CCCO2)cc1Br. The number of hydrogen-bond donors (Lipinski definition) is 1. The molecule has 0 aromatic heterocycles. The van der Waals surface area contributed by atoms with Crippen molar-refractivity contribution in [3.8, 4) is 0 Å². The number of ether oxygens (including phenoxy) is 2. The molecular weight excluding hydrogens is 326 g/mol. The van der Waals surface area contributed by atoms with Crippen molar-refractivity contribution in [2.24, 2.45) is 0 Å². The molecule has 1 amide bonds. The molecule has 1 atom stereocenters. The van der Waals surface area contributed by atoms with Crippen LogP contribution in [0.2, 0.25) is 0 Å². The minimum absolute atomic E-state index is 0.301. The molecule has 1 aromatic rings. The second-order valence-corrected chi connectivity index (χ2v) is 5.48. The summed E-state index contributed by atoms with van der Waals surface area (Å²) in [5, 5.41) is 2.67. The zero-order chi connectivity index (χ0) is 14.5. The Bertz CT molecular complexity index is 512. The fourth-order valence-electron chi connectivity index (χ4n) is 1.86. The molecule has 1 aromatic carbocycles. The van der Waals surface area contributed by atoms with E-state index in [1.54, 1.807) is 12.1 Å². The third-order valence-electron chi connectivity index (χ3n) is 2.99. The minimum atomic E-state index is -0.517. The number of anilines is 1. The maximum atomic E-state index is 11.7. The summed E-state index contributed by atoms with van der Waals surface area (Å²) in [7, 11) is 0. The van der Waals surface area contributed by atoms with Crippen LogP contribution in [-0.4, -0.2) is 31.2 Å². The van der Waals surface area contributed by atoms with Gasteiger partial charge in [0.05, 0.1) is 0 Å². The average Bonchev–Trinajstić information content (AvgIpc) is 2.94. The van der Waals surface area contributed by atoms with Crippen molar-refractivity contribution >= 4 is 33.5 Å². The molecule has 2 rings (SSSR count). The Balaban J connectivity index is 1.80. The lowest BCUT2D eigenvalue weighted by Gasteiger charge is -2.10. The van der Waals surface area contributed by atoms with Crippen molar-refractivity contribution in [3.05, 3.63) is 28.2 Å². The monoisotopic (exact) mass is 341 g/mol. The van der Waals surface area contributed by atoms with E-state index in [1.807, 2.05) is 13.0 Å². The predicted octanol–water partition coefficient (Wildman–Crippen LogP) is 2.42. The number of carbonyl (C=O) groups excluding carboxylic acids is 2. The number of hydrogen-bond acceptors (Lipinski definition) is 4. The van der Waals surface area contributed by atoms with E-state index in [1.165, 1.54) is 0 Å². The van der Waals surface area contributed by atoms with Crippen molar-refractivity contribution < 1.29 is 19.1 Å². The molecule has 0 bridgehead atoms. The number of esters is 1. The van der Waals surface area contributed by atoms with E-state index in [4.69, 9.17) is 9.47 Å². The van der Waals surface area contributed by atoms with E-state index in [0.29, 0.717) is 18.7 Å². The van der Waals surface area contributed by atoms with Gasteiger partial charge < -0.3 is 14.8 Å². The first-order chi connectivity index (χ1) is 9.56. The number of carbonyl (C=O) groups is 2. The molecule has 1 N–H and O–H groups in total. The largest absolute Gasteiger partial charge is 0.454 e. The molecule has 1 aliphatic rings. The summed E-state index contributed by atoms with van der Waals surface area (Å²) in [6.07, 6.45) is 0.991. The van der Waals surface area contributed by atoms with Crippen LogP contribution in [0, 0.1) is 6.92 Å². The summed E-state index contributed by atoms with van der Waals surface area (Å²) < 4.78 is 11.0. The van der Waals surface area contributed by atoms with Gasteiger partial charge in [-0.05, 0) is 37.5 Å². The first kappa shape index (κ1) is 15.0. The highest BCUT2D eigenvalue weighted by Crippen LogP contribution is 2.20. The van der Waals surface area contributed by atoms with Gasteiger partial charge in [-0.15, -0.1) is 0 Å². The normalized spacial score (nSPS) is 17.8. The Morgan fingerprint density at radius 3 is 2.95 bits per heavy atom. The highest BCUT2D eigenvalue weighted by atomic mass is 79.9. The van der Waals surface area contributed by atoms with Crippen molar-refractivity contribution in [2.45, 2.75) is 25.9 Å². The molecule has 0 radical (unpaired) electrons. The van der Waals surface area contributed by atoms with Gasteiger partial charge in [-0.1, -0.05) is 22.0 Å².